The van der Waals surface area contributed by atoms with E-state index in [9.17, 15) is 4.79 Å². The van der Waals surface area contributed by atoms with Gasteiger partial charge in [0.2, 0.25) is 0 Å². The SMILES string of the molecule is CCCC(Oc1cc(CNC)ccc1OC)C(=O)OCC. The largest absolute Gasteiger partial charge is 0.493 e. The lowest BCUT2D eigenvalue weighted by molar-refractivity contribution is -0.151. The maximum atomic E-state index is 11.9. The molecule has 0 radical (unpaired) electrons. The number of methoxy groups -OCH3 is 1. The lowest BCUT2D eigenvalue weighted by Gasteiger charge is -2.19. The fourth-order valence-corrected chi connectivity index (χ4v) is 2.00. The van der Waals surface area contributed by atoms with E-state index < -0.39 is 6.10 Å². The van der Waals surface area contributed by atoms with Gasteiger partial charge < -0.3 is 19.5 Å². The zero-order valence-electron chi connectivity index (χ0n) is 13.3. The molecule has 0 saturated heterocycles. The van der Waals surface area contributed by atoms with Gasteiger partial charge in [-0.1, -0.05) is 19.4 Å². The molecule has 5 heteroatoms. The summed E-state index contributed by atoms with van der Waals surface area (Å²) >= 11 is 0. The van der Waals surface area contributed by atoms with Gasteiger partial charge in [-0.3, -0.25) is 0 Å². The number of benzene rings is 1. The highest BCUT2D eigenvalue weighted by Crippen LogP contribution is 2.29. The van der Waals surface area contributed by atoms with Crippen molar-refractivity contribution in [3.8, 4) is 11.5 Å². The average molecular weight is 295 g/mol. The van der Waals surface area contributed by atoms with E-state index >= 15 is 0 Å². The van der Waals surface area contributed by atoms with Crippen LogP contribution in [0, 0.1) is 0 Å². The van der Waals surface area contributed by atoms with Crippen molar-refractivity contribution < 1.29 is 19.0 Å². The topological polar surface area (TPSA) is 56.8 Å². The van der Waals surface area contributed by atoms with Gasteiger partial charge in [0.25, 0.3) is 0 Å². The van der Waals surface area contributed by atoms with E-state index in [-0.39, 0.29) is 5.97 Å². The summed E-state index contributed by atoms with van der Waals surface area (Å²) in [6, 6.07) is 5.69. The molecular formula is C16H25NO4. The fraction of sp³-hybridized carbons (Fsp3) is 0.562. The van der Waals surface area contributed by atoms with Crippen LogP contribution in [0.3, 0.4) is 0 Å². The van der Waals surface area contributed by atoms with E-state index in [0.29, 0.717) is 24.5 Å². The molecule has 1 unspecified atom stereocenters. The number of esters is 1. The lowest BCUT2D eigenvalue weighted by atomic mass is 10.1. The van der Waals surface area contributed by atoms with Crippen molar-refractivity contribution in [2.75, 3.05) is 20.8 Å². The minimum atomic E-state index is -0.603. The van der Waals surface area contributed by atoms with Gasteiger partial charge in [-0.25, -0.2) is 4.79 Å². The summed E-state index contributed by atoms with van der Waals surface area (Å²) in [6.45, 7) is 4.86. The van der Waals surface area contributed by atoms with Gasteiger partial charge in [0.05, 0.1) is 13.7 Å². The molecule has 0 spiro atoms. The van der Waals surface area contributed by atoms with Gasteiger partial charge >= 0.3 is 5.97 Å². The Balaban J connectivity index is 2.94. The quantitative estimate of drug-likeness (QED) is 0.709. The number of hydrogen-bond acceptors (Lipinski definition) is 5. The average Bonchev–Trinajstić information content (AvgIpc) is 2.47. The van der Waals surface area contributed by atoms with E-state index in [1.165, 1.54) is 0 Å². The van der Waals surface area contributed by atoms with Crippen LogP contribution in [0.5, 0.6) is 11.5 Å². The third-order valence-electron chi connectivity index (χ3n) is 2.98. The Kier molecular flexibility index (Phi) is 7.61. The number of hydrogen-bond donors (Lipinski definition) is 1. The molecule has 1 rings (SSSR count). The molecule has 0 aliphatic rings. The molecule has 1 aromatic carbocycles. The first-order valence-electron chi connectivity index (χ1n) is 7.31. The molecule has 1 atom stereocenters. The van der Waals surface area contributed by atoms with E-state index in [1.54, 1.807) is 14.0 Å². The summed E-state index contributed by atoms with van der Waals surface area (Å²) in [5.41, 5.74) is 1.06. The Bertz CT molecular complexity index is 448. The van der Waals surface area contributed by atoms with Crippen LogP contribution in [0.4, 0.5) is 0 Å². The molecular weight excluding hydrogens is 270 g/mol. The number of carbonyl (C=O) groups is 1. The number of ether oxygens (including phenoxy) is 3. The molecule has 1 N–H and O–H groups in total. The summed E-state index contributed by atoms with van der Waals surface area (Å²) in [7, 11) is 3.46. The van der Waals surface area contributed by atoms with E-state index in [2.05, 4.69) is 5.32 Å². The zero-order valence-corrected chi connectivity index (χ0v) is 13.3. The maximum Gasteiger partial charge on any atom is 0.347 e. The third kappa shape index (κ3) is 5.27. The van der Waals surface area contributed by atoms with E-state index in [4.69, 9.17) is 14.2 Å². The minimum Gasteiger partial charge on any atom is -0.493 e. The molecule has 0 aromatic heterocycles. The normalized spacial score (nSPS) is 11.8. The van der Waals surface area contributed by atoms with Crippen LogP contribution in [0.15, 0.2) is 18.2 Å². The highest BCUT2D eigenvalue weighted by Gasteiger charge is 2.22. The van der Waals surface area contributed by atoms with Gasteiger partial charge in [0, 0.05) is 6.54 Å². The monoisotopic (exact) mass is 295 g/mol. The second-order valence-corrected chi connectivity index (χ2v) is 4.66. The lowest BCUT2D eigenvalue weighted by Crippen LogP contribution is -2.29. The molecule has 0 fully saturated rings. The molecule has 0 bridgehead atoms. The van der Waals surface area contributed by atoms with Gasteiger partial charge in [-0.15, -0.1) is 0 Å². The van der Waals surface area contributed by atoms with Crippen molar-refractivity contribution in [3.63, 3.8) is 0 Å². The molecule has 5 nitrogen and oxygen atoms in total. The predicted molar refractivity (Wildman–Crippen MR) is 81.7 cm³/mol. The smallest absolute Gasteiger partial charge is 0.347 e. The Morgan fingerprint density at radius 2 is 2.05 bits per heavy atom. The fourth-order valence-electron chi connectivity index (χ4n) is 2.00. The van der Waals surface area contributed by atoms with Gasteiger partial charge in [-0.2, -0.15) is 0 Å². The Morgan fingerprint density at radius 3 is 2.62 bits per heavy atom. The first-order valence-corrected chi connectivity index (χ1v) is 7.31. The summed E-state index contributed by atoms with van der Waals surface area (Å²) in [5, 5.41) is 3.08. The second-order valence-electron chi connectivity index (χ2n) is 4.66. The summed E-state index contributed by atoms with van der Waals surface area (Å²) in [4.78, 5) is 11.9. The predicted octanol–water partition coefficient (Wildman–Crippen LogP) is 2.53. The van der Waals surface area contributed by atoms with Gasteiger partial charge in [-0.05, 0) is 38.1 Å². The van der Waals surface area contributed by atoms with Crippen molar-refractivity contribution in [1.82, 2.24) is 5.32 Å². The van der Waals surface area contributed by atoms with Gasteiger partial charge in [0.15, 0.2) is 17.6 Å². The first kappa shape index (κ1) is 17.3. The van der Waals surface area contributed by atoms with Crippen LogP contribution in [-0.2, 0) is 16.1 Å². The van der Waals surface area contributed by atoms with Gasteiger partial charge in [0.1, 0.15) is 0 Å². The molecule has 0 aliphatic heterocycles. The Labute approximate surface area is 126 Å². The Morgan fingerprint density at radius 1 is 1.29 bits per heavy atom. The van der Waals surface area contributed by atoms with Crippen molar-refractivity contribution >= 4 is 5.97 Å². The van der Waals surface area contributed by atoms with E-state index in [0.717, 1.165) is 18.5 Å². The number of nitrogens with one attached hydrogen (secondary N) is 1. The van der Waals surface area contributed by atoms with Crippen molar-refractivity contribution in [2.45, 2.75) is 39.3 Å². The second kappa shape index (κ2) is 9.23. The van der Waals surface area contributed by atoms with E-state index in [1.807, 2.05) is 32.2 Å². The molecule has 0 amide bonds. The van der Waals surface area contributed by atoms with Crippen LogP contribution in [0.2, 0.25) is 0 Å². The Hall–Kier alpha value is -1.75. The highest BCUT2D eigenvalue weighted by molar-refractivity contribution is 5.75. The standard InChI is InChI=1S/C16H25NO4/c1-5-7-14(16(18)20-6-2)21-15-10-12(11-17-3)8-9-13(15)19-4/h8-10,14,17H,5-7,11H2,1-4H3. The maximum absolute atomic E-state index is 11.9. The molecule has 0 saturated carbocycles. The summed E-state index contributed by atoms with van der Waals surface area (Å²) in [5.74, 6) is 0.845. The molecule has 118 valence electrons. The third-order valence-corrected chi connectivity index (χ3v) is 2.98. The number of carbonyl (C=O) groups excluding carboxylic acids is 1. The summed E-state index contributed by atoms with van der Waals surface area (Å²) in [6.07, 6.45) is 0.842. The van der Waals surface area contributed by atoms with Crippen LogP contribution < -0.4 is 14.8 Å². The first-order chi connectivity index (χ1) is 10.2. The number of rotatable bonds is 9. The highest BCUT2D eigenvalue weighted by atomic mass is 16.6. The van der Waals surface area contributed by atoms with Crippen LogP contribution in [-0.4, -0.2) is 32.8 Å². The molecule has 0 aliphatic carbocycles. The van der Waals surface area contributed by atoms with Crippen molar-refractivity contribution in [3.05, 3.63) is 23.8 Å². The van der Waals surface area contributed by atoms with Crippen molar-refractivity contribution in [2.24, 2.45) is 0 Å². The van der Waals surface area contributed by atoms with Crippen LogP contribution >= 0.6 is 0 Å². The molecule has 1 aromatic rings. The van der Waals surface area contributed by atoms with Crippen molar-refractivity contribution in [1.29, 1.82) is 0 Å². The van der Waals surface area contributed by atoms with Crippen LogP contribution in [0.1, 0.15) is 32.3 Å². The van der Waals surface area contributed by atoms with Crippen LogP contribution in [0.25, 0.3) is 0 Å². The molecule has 0 heterocycles. The summed E-state index contributed by atoms with van der Waals surface area (Å²) < 4.78 is 16.2. The minimum absolute atomic E-state index is 0.333. The zero-order chi connectivity index (χ0) is 15.7. The molecule has 21 heavy (non-hydrogen) atoms.